The van der Waals surface area contributed by atoms with Crippen molar-refractivity contribution in [3.05, 3.63) is 17.5 Å². The van der Waals surface area contributed by atoms with Crippen molar-refractivity contribution >= 4 is 11.6 Å². The highest BCUT2D eigenvalue weighted by Gasteiger charge is 2.14. The first-order chi connectivity index (χ1) is 7.36. The molecule has 0 bridgehead atoms. The molecule has 1 aliphatic rings. The lowest BCUT2D eigenvalue weighted by atomic mass is 10.1. The number of ether oxygens (including phenoxy) is 1. The summed E-state index contributed by atoms with van der Waals surface area (Å²) in [6.07, 6.45) is 6.79. The molecule has 1 aromatic rings. The highest BCUT2D eigenvalue weighted by Crippen LogP contribution is 2.17. The molecule has 1 aromatic heterocycles. The summed E-state index contributed by atoms with van der Waals surface area (Å²) < 4.78 is 5.51. The molecule has 0 aliphatic carbocycles. The van der Waals surface area contributed by atoms with Crippen molar-refractivity contribution in [2.75, 3.05) is 13.2 Å². The molecule has 4 nitrogen and oxygen atoms in total. The van der Waals surface area contributed by atoms with E-state index < -0.39 is 0 Å². The van der Waals surface area contributed by atoms with Gasteiger partial charge in [-0.3, -0.25) is 0 Å². The third-order valence-corrected chi connectivity index (χ3v) is 2.72. The zero-order chi connectivity index (χ0) is 10.5. The molecule has 0 amide bonds. The highest BCUT2D eigenvalue weighted by atomic mass is 35.5. The van der Waals surface area contributed by atoms with Gasteiger partial charge in [0.25, 0.3) is 5.88 Å². The molecule has 15 heavy (non-hydrogen) atoms. The van der Waals surface area contributed by atoms with Crippen LogP contribution in [0, 0.1) is 0 Å². The fourth-order valence-electron chi connectivity index (χ4n) is 1.65. The summed E-state index contributed by atoms with van der Waals surface area (Å²) in [7, 11) is 0. The summed E-state index contributed by atoms with van der Waals surface area (Å²) in [4.78, 5) is 7.92. The number of hydrogen-bond acceptors (Lipinski definition) is 4. The predicted octanol–water partition coefficient (Wildman–Crippen LogP) is 1.65. The fraction of sp³-hybridized carbons (Fsp3) is 0.600. The molecule has 0 saturated carbocycles. The van der Waals surface area contributed by atoms with Crippen LogP contribution in [0.15, 0.2) is 12.4 Å². The normalized spacial score (nSPS) is 21.3. The molecular weight excluding hydrogens is 214 g/mol. The van der Waals surface area contributed by atoms with Gasteiger partial charge in [0.1, 0.15) is 6.61 Å². The molecule has 1 aliphatic heterocycles. The topological polar surface area (TPSA) is 47.0 Å². The van der Waals surface area contributed by atoms with Gasteiger partial charge >= 0.3 is 0 Å². The number of hydrogen-bond donors (Lipinski definition) is 1. The van der Waals surface area contributed by atoms with Gasteiger partial charge in [-0.05, 0) is 19.4 Å². The van der Waals surface area contributed by atoms with E-state index in [-0.39, 0.29) is 0 Å². The number of nitrogens with one attached hydrogen (secondary N) is 1. The molecule has 0 aromatic carbocycles. The van der Waals surface area contributed by atoms with Crippen LogP contribution in [0.25, 0.3) is 0 Å². The molecular formula is C10H14ClN3O. The second-order valence-corrected chi connectivity index (χ2v) is 3.97. The number of rotatable bonds is 3. The lowest BCUT2D eigenvalue weighted by Crippen LogP contribution is -2.38. The van der Waals surface area contributed by atoms with Gasteiger partial charge in [0.2, 0.25) is 0 Å². The Morgan fingerprint density at radius 1 is 1.40 bits per heavy atom. The van der Waals surface area contributed by atoms with Gasteiger partial charge in [0.05, 0.1) is 0 Å². The van der Waals surface area contributed by atoms with E-state index >= 15 is 0 Å². The van der Waals surface area contributed by atoms with E-state index in [1.54, 1.807) is 12.4 Å². The highest BCUT2D eigenvalue weighted by molar-refractivity contribution is 6.30. The van der Waals surface area contributed by atoms with E-state index in [2.05, 4.69) is 15.3 Å². The average molecular weight is 228 g/mol. The zero-order valence-electron chi connectivity index (χ0n) is 8.45. The first kappa shape index (κ1) is 10.6. The van der Waals surface area contributed by atoms with Gasteiger partial charge in [-0.2, -0.15) is 0 Å². The van der Waals surface area contributed by atoms with Crippen LogP contribution >= 0.6 is 11.6 Å². The lowest BCUT2D eigenvalue weighted by Gasteiger charge is -2.23. The van der Waals surface area contributed by atoms with Crippen molar-refractivity contribution in [2.45, 2.75) is 25.3 Å². The van der Waals surface area contributed by atoms with Gasteiger partial charge in [-0.15, -0.1) is 0 Å². The minimum Gasteiger partial charge on any atom is -0.474 e. The van der Waals surface area contributed by atoms with Crippen LogP contribution in [-0.2, 0) is 0 Å². The minimum atomic E-state index is 0.327. The third-order valence-electron chi connectivity index (χ3n) is 2.46. The van der Waals surface area contributed by atoms with Gasteiger partial charge in [0.15, 0.2) is 5.15 Å². The molecule has 1 atom stereocenters. The van der Waals surface area contributed by atoms with Crippen LogP contribution in [0.4, 0.5) is 0 Å². The molecule has 1 saturated heterocycles. The van der Waals surface area contributed by atoms with Crippen LogP contribution in [0.3, 0.4) is 0 Å². The summed E-state index contributed by atoms with van der Waals surface area (Å²) in [6, 6.07) is 0.414. The summed E-state index contributed by atoms with van der Waals surface area (Å²) >= 11 is 5.82. The molecule has 2 heterocycles. The quantitative estimate of drug-likeness (QED) is 0.853. The first-order valence-electron chi connectivity index (χ1n) is 5.19. The predicted molar refractivity (Wildman–Crippen MR) is 58.2 cm³/mol. The van der Waals surface area contributed by atoms with E-state index in [0.29, 0.717) is 23.7 Å². The fourth-order valence-corrected chi connectivity index (χ4v) is 1.81. The summed E-state index contributed by atoms with van der Waals surface area (Å²) in [5.74, 6) is 0.423. The number of nitrogens with zero attached hydrogens (tertiary/aromatic N) is 2. The third kappa shape index (κ3) is 3.04. The molecule has 5 heteroatoms. The Labute approximate surface area is 94.0 Å². The molecule has 0 spiro atoms. The second kappa shape index (κ2) is 5.28. The Kier molecular flexibility index (Phi) is 3.75. The van der Waals surface area contributed by atoms with Crippen LogP contribution in [0.1, 0.15) is 19.3 Å². The Balaban J connectivity index is 1.84. The van der Waals surface area contributed by atoms with Crippen molar-refractivity contribution in [2.24, 2.45) is 0 Å². The van der Waals surface area contributed by atoms with Gasteiger partial charge in [-0.25, -0.2) is 9.97 Å². The Morgan fingerprint density at radius 3 is 3.00 bits per heavy atom. The van der Waals surface area contributed by atoms with Gasteiger partial charge in [-0.1, -0.05) is 18.0 Å². The van der Waals surface area contributed by atoms with E-state index in [4.69, 9.17) is 16.3 Å². The maximum Gasteiger partial charge on any atom is 0.252 e. The van der Waals surface area contributed by atoms with Gasteiger partial charge in [0, 0.05) is 18.4 Å². The largest absolute Gasteiger partial charge is 0.474 e. The van der Waals surface area contributed by atoms with Crippen LogP contribution in [0.2, 0.25) is 5.15 Å². The molecule has 2 rings (SSSR count). The number of piperidine rings is 1. The maximum absolute atomic E-state index is 5.82. The standard InChI is InChI=1S/C10H14ClN3O/c11-9-10(14-6-5-13-9)15-7-8-3-1-2-4-12-8/h5-6,8,12H,1-4,7H2/t8-/m1/s1. The smallest absolute Gasteiger partial charge is 0.252 e. The van der Waals surface area contributed by atoms with Crippen molar-refractivity contribution in [1.82, 2.24) is 15.3 Å². The van der Waals surface area contributed by atoms with Crippen LogP contribution in [-0.4, -0.2) is 29.2 Å². The number of halogens is 1. The summed E-state index contributed by atoms with van der Waals surface area (Å²) in [6.45, 7) is 1.68. The van der Waals surface area contributed by atoms with Crippen molar-refractivity contribution in [3.8, 4) is 5.88 Å². The van der Waals surface area contributed by atoms with Crippen molar-refractivity contribution < 1.29 is 4.74 Å². The monoisotopic (exact) mass is 227 g/mol. The summed E-state index contributed by atoms with van der Waals surface area (Å²) in [5, 5.41) is 3.72. The maximum atomic E-state index is 5.82. The Morgan fingerprint density at radius 2 is 2.27 bits per heavy atom. The lowest BCUT2D eigenvalue weighted by molar-refractivity contribution is 0.231. The van der Waals surface area contributed by atoms with E-state index in [1.165, 1.54) is 12.8 Å². The summed E-state index contributed by atoms with van der Waals surface area (Å²) in [5.41, 5.74) is 0. The van der Waals surface area contributed by atoms with E-state index in [0.717, 1.165) is 13.0 Å². The van der Waals surface area contributed by atoms with Crippen LogP contribution in [0.5, 0.6) is 5.88 Å². The number of aromatic nitrogens is 2. The van der Waals surface area contributed by atoms with Crippen molar-refractivity contribution in [3.63, 3.8) is 0 Å². The van der Waals surface area contributed by atoms with E-state index in [1.807, 2.05) is 0 Å². The molecule has 0 unspecified atom stereocenters. The molecule has 82 valence electrons. The van der Waals surface area contributed by atoms with Gasteiger partial charge < -0.3 is 10.1 Å². The zero-order valence-corrected chi connectivity index (χ0v) is 9.20. The second-order valence-electron chi connectivity index (χ2n) is 3.61. The Hall–Kier alpha value is -0.870. The molecule has 1 N–H and O–H groups in total. The first-order valence-corrected chi connectivity index (χ1v) is 5.57. The molecule has 1 fully saturated rings. The average Bonchev–Trinajstić information content (AvgIpc) is 2.29. The molecule has 0 radical (unpaired) electrons. The van der Waals surface area contributed by atoms with Crippen LogP contribution < -0.4 is 10.1 Å². The van der Waals surface area contributed by atoms with E-state index in [9.17, 15) is 0 Å². The SMILES string of the molecule is Clc1nccnc1OC[C@H]1CCCCN1. The Bertz CT molecular complexity index is 315. The van der Waals surface area contributed by atoms with Crippen molar-refractivity contribution in [1.29, 1.82) is 0 Å². The minimum absolute atomic E-state index is 0.327.